The first-order valence-electron chi connectivity index (χ1n) is 8.21. The quantitative estimate of drug-likeness (QED) is 0.873. The fraction of sp³-hybridized carbons (Fsp3) is 0.316. The number of carbonyl (C=O) groups excluding carboxylic acids is 1. The zero-order valence-corrected chi connectivity index (χ0v) is 14.2. The summed E-state index contributed by atoms with van der Waals surface area (Å²) in [7, 11) is 0. The largest absolute Gasteiger partial charge is 0.396 e. The van der Waals surface area contributed by atoms with Crippen LogP contribution in [0.1, 0.15) is 18.4 Å². The molecule has 0 saturated carbocycles. The predicted molar refractivity (Wildman–Crippen MR) is 97.7 cm³/mol. The molecular formula is C19H21ClN2O2. The zero-order valence-electron chi connectivity index (χ0n) is 13.4. The number of rotatable bonds is 5. The van der Waals surface area contributed by atoms with Gasteiger partial charge in [0.1, 0.15) is 6.04 Å². The number of carbonyl (C=O) groups is 1. The van der Waals surface area contributed by atoms with Gasteiger partial charge in [-0.1, -0.05) is 29.8 Å². The van der Waals surface area contributed by atoms with Gasteiger partial charge < -0.3 is 15.3 Å². The molecule has 1 aliphatic heterocycles. The molecule has 5 heteroatoms. The van der Waals surface area contributed by atoms with Crippen molar-refractivity contribution in [3.63, 3.8) is 0 Å². The summed E-state index contributed by atoms with van der Waals surface area (Å²) in [6, 6.07) is 14.8. The third kappa shape index (κ3) is 3.71. The Hall–Kier alpha value is -2.04. The third-order valence-corrected chi connectivity index (χ3v) is 4.55. The number of nitrogens with zero attached hydrogens (tertiary/aromatic N) is 1. The average Bonchev–Trinajstić information content (AvgIpc) is 2.60. The van der Waals surface area contributed by atoms with E-state index in [1.165, 1.54) is 0 Å². The van der Waals surface area contributed by atoms with Crippen molar-refractivity contribution >= 4 is 28.9 Å². The van der Waals surface area contributed by atoms with Gasteiger partial charge in [-0.25, -0.2) is 0 Å². The highest BCUT2D eigenvalue weighted by molar-refractivity contribution is 6.30. The van der Waals surface area contributed by atoms with Gasteiger partial charge in [-0.05, 0) is 55.2 Å². The van der Waals surface area contributed by atoms with E-state index < -0.39 is 6.04 Å². The minimum Gasteiger partial charge on any atom is -0.396 e. The molecule has 0 bridgehead atoms. The molecule has 1 heterocycles. The number of aryl methyl sites for hydroxylation is 1. The van der Waals surface area contributed by atoms with E-state index in [0.717, 1.165) is 36.3 Å². The van der Waals surface area contributed by atoms with E-state index in [4.69, 9.17) is 11.6 Å². The zero-order chi connectivity index (χ0) is 16.9. The van der Waals surface area contributed by atoms with E-state index in [-0.39, 0.29) is 12.5 Å². The van der Waals surface area contributed by atoms with Crippen LogP contribution in [-0.4, -0.2) is 30.2 Å². The van der Waals surface area contributed by atoms with E-state index in [1.807, 2.05) is 48.5 Å². The van der Waals surface area contributed by atoms with Gasteiger partial charge in [-0.3, -0.25) is 4.79 Å². The van der Waals surface area contributed by atoms with Gasteiger partial charge in [0.2, 0.25) is 5.91 Å². The molecule has 0 aliphatic carbocycles. The smallest absolute Gasteiger partial charge is 0.247 e. The van der Waals surface area contributed by atoms with E-state index in [9.17, 15) is 9.90 Å². The summed E-state index contributed by atoms with van der Waals surface area (Å²) in [5, 5.41) is 13.1. The van der Waals surface area contributed by atoms with Gasteiger partial charge in [0, 0.05) is 29.5 Å². The second-order valence-corrected chi connectivity index (χ2v) is 6.39. The van der Waals surface area contributed by atoms with Gasteiger partial charge in [0.15, 0.2) is 0 Å². The van der Waals surface area contributed by atoms with Crippen LogP contribution in [0.25, 0.3) is 0 Å². The molecule has 126 valence electrons. The molecule has 2 aromatic carbocycles. The van der Waals surface area contributed by atoms with Crippen LogP contribution in [0, 0.1) is 0 Å². The molecule has 0 radical (unpaired) electrons. The van der Waals surface area contributed by atoms with E-state index >= 15 is 0 Å². The molecule has 3 rings (SSSR count). The maximum absolute atomic E-state index is 12.8. The molecule has 1 atom stereocenters. The molecule has 0 unspecified atom stereocenters. The second-order valence-electron chi connectivity index (χ2n) is 5.95. The Balaban J connectivity index is 1.85. The first-order chi connectivity index (χ1) is 11.7. The van der Waals surface area contributed by atoms with Crippen LogP contribution >= 0.6 is 11.6 Å². The summed E-state index contributed by atoms with van der Waals surface area (Å²) in [6.07, 6.45) is 2.31. The molecule has 0 spiro atoms. The van der Waals surface area contributed by atoms with Crippen molar-refractivity contribution in [2.24, 2.45) is 0 Å². The maximum Gasteiger partial charge on any atom is 0.247 e. The van der Waals surface area contributed by atoms with Crippen molar-refractivity contribution in [3.8, 4) is 0 Å². The normalized spacial score (nSPS) is 14.8. The van der Waals surface area contributed by atoms with Crippen molar-refractivity contribution in [2.45, 2.75) is 25.3 Å². The lowest BCUT2D eigenvalue weighted by atomic mass is 9.98. The van der Waals surface area contributed by atoms with Gasteiger partial charge in [0.25, 0.3) is 0 Å². The van der Waals surface area contributed by atoms with Crippen LogP contribution in [0.15, 0.2) is 48.5 Å². The Bertz CT molecular complexity index is 706. The minimum absolute atomic E-state index is 0.0354. The number of aliphatic hydroxyl groups excluding tert-OH is 1. The predicted octanol–water partition coefficient (Wildman–Crippen LogP) is 3.48. The number of aliphatic hydroxyl groups is 1. The Morgan fingerprint density at radius 3 is 2.79 bits per heavy atom. The highest BCUT2D eigenvalue weighted by Crippen LogP contribution is 2.32. The van der Waals surface area contributed by atoms with Crippen LogP contribution in [0.3, 0.4) is 0 Å². The lowest BCUT2D eigenvalue weighted by Crippen LogP contribution is -2.47. The average molecular weight is 345 g/mol. The fourth-order valence-corrected chi connectivity index (χ4v) is 3.41. The molecule has 0 fully saturated rings. The number of para-hydroxylation sites is 1. The number of nitrogens with one attached hydrogen (secondary N) is 1. The number of fused-ring (bicyclic) bond motifs is 1. The molecule has 0 aromatic heterocycles. The molecule has 2 N–H and O–H groups in total. The van der Waals surface area contributed by atoms with Crippen LogP contribution in [0.4, 0.5) is 11.4 Å². The van der Waals surface area contributed by atoms with Crippen LogP contribution < -0.4 is 10.2 Å². The number of hydrogen-bond donors (Lipinski definition) is 2. The molecule has 0 saturated heterocycles. The SMILES string of the molecule is O=C(Nc1ccccc1)[C@H](CCO)N1CCCc2cc(Cl)ccc21. The van der Waals surface area contributed by atoms with Crippen molar-refractivity contribution in [1.29, 1.82) is 0 Å². The van der Waals surface area contributed by atoms with E-state index in [2.05, 4.69) is 10.2 Å². The number of amides is 1. The number of benzene rings is 2. The Labute approximate surface area is 147 Å². The first-order valence-corrected chi connectivity index (χ1v) is 8.58. The summed E-state index contributed by atoms with van der Waals surface area (Å²) in [6.45, 7) is 0.758. The number of hydrogen-bond acceptors (Lipinski definition) is 3. The molecule has 2 aromatic rings. The second kappa shape index (κ2) is 7.69. The Morgan fingerprint density at radius 2 is 2.04 bits per heavy atom. The van der Waals surface area contributed by atoms with Gasteiger partial charge in [-0.2, -0.15) is 0 Å². The first kappa shape index (κ1) is 16.8. The summed E-state index contributed by atoms with van der Waals surface area (Å²) >= 11 is 6.10. The number of halogens is 1. The minimum atomic E-state index is -0.407. The Morgan fingerprint density at radius 1 is 1.25 bits per heavy atom. The van der Waals surface area contributed by atoms with E-state index in [1.54, 1.807) is 0 Å². The maximum atomic E-state index is 12.8. The molecule has 24 heavy (non-hydrogen) atoms. The number of anilines is 2. The topological polar surface area (TPSA) is 52.6 Å². The standard InChI is InChI=1S/C19H21ClN2O2/c20-15-8-9-17-14(13-15)5-4-11-22(17)18(10-12-23)19(24)21-16-6-2-1-3-7-16/h1-3,6-9,13,18,23H,4-5,10-12H2,(H,21,24)/t18-/m0/s1. The lowest BCUT2D eigenvalue weighted by molar-refractivity contribution is -0.117. The summed E-state index contributed by atoms with van der Waals surface area (Å²) in [4.78, 5) is 14.9. The van der Waals surface area contributed by atoms with Crippen molar-refractivity contribution < 1.29 is 9.90 Å². The summed E-state index contributed by atoms with van der Waals surface area (Å²) in [5.74, 6) is -0.0990. The van der Waals surface area contributed by atoms with Gasteiger partial charge in [-0.15, -0.1) is 0 Å². The van der Waals surface area contributed by atoms with E-state index in [0.29, 0.717) is 11.4 Å². The van der Waals surface area contributed by atoms with Crippen molar-refractivity contribution in [3.05, 3.63) is 59.1 Å². The lowest BCUT2D eigenvalue weighted by Gasteiger charge is -2.37. The summed E-state index contributed by atoms with van der Waals surface area (Å²) < 4.78 is 0. The van der Waals surface area contributed by atoms with Crippen LogP contribution in [-0.2, 0) is 11.2 Å². The molecule has 1 aliphatic rings. The van der Waals surface area contributed by atoms with Crippen molar-refractivity contribution in [1.82, 2.24) is 0 Å². The molecular weight excluding hydrogens is 324 g/mol. The van der Waals surface area contributed by atoms with Gasteiger partial charge in [0.05, 0.1) is 0 Å². The van der Waals surface area contributed by atoms with Crippen molar-refractivity contribution in [2.75, 3.05) is 23.4 Å². The molecule has 1 amide bonds. The molecule has 4 nitrogen and oxygen atoms in total. The highest BCUT2D eigenvalue weighted by Gasteiger charge is 2.29. The van der Waals surface area contributed by atoms with Crippen LogP contribution in [0.5, 0.6) is 0 Å². The third-order valence-electron chi connectivity index (χ3n) is 4.32. The highest BCUT2D eigenvalue weighted by atomic mass is 35.5. The summed E-state index contributed by atoms with van der Waals surface area (Å²) in [5.41, 5.74) is 2.95. The van der Waals surface area contributed by atoms with Gasteiger partial charge >= 0.3 is 0 Å². The Kier molecular flexibility index (Phi) is 5.38. The van der Waals surface area contributed by atoms with Crippen LogP contribution in [0.2, 0.25) is 5.02 Å². The monoisotopic (exact) mass is 344 g/mol. The fourth-order valence-electron chi connectivity index (χ4n) is 3.22.